The summed E-state index contributed by atoms with van der Waals surface area (Å²) in [5.74, 6) is 4.85. The highest BCUT2D eigenvalue weighted by atomic mass is 32.2. The Morgan fingerprint density at radius 1 is 1.29 bits per heavy atom. The van der Waals surface area contributed by atoms with Crippen LogP contribution in [0, 0.1) is 11.8 Å². The van der Waals surface area contributed by atoms with Gasteiger partial charge in [-0.05, 0) is 43.7 Å². The highest BCUT2D eigenvalue weighted by Gasteiger charge is 2.33. The van der Waals surface area contributed by atoms with Gasteiger partial charge in [0, 0.05) is 31.0 Å². The van der Waals surface area contributed by atoms with Crippen molar-refractivity contribution in [3.05, 3.63) is 41.9 Å². The van der Waals surface area contributed by atoms with Gasteiger partial charge in [0.2, 0.25) is 5.88 Å². The Balaban J connectivity index is 1.60. The van der Waals surface area contributed by atoms with Gasteiger partial charge < -0.3 is 26.0 Å². The maximum atomic E-state index is 14.6. The first kappa shape index (κ1) is 27.3. The first-order valence-corrected chi connectivity index (χ1v) is 12.3. The number of thioether (sulfide) groups is 1. The molecule has 4 heterocycles. The predicted molar refractivity (Wildman–Crippen MR) is 136 cm³/mol. The Labute approximate surface area is 220 Å². The third kappa shape index (κ3) is 6.40. The lowest BCUT2D eigenvalue weighted by Gasteiger charge is -2.33. The Morgan fingerprint density at radius 2 is 2.08 bits per heavy atom. The summed E-state index contributed by atoms with van der Waals surface area (Å²) in [5.41, 5.74) is 1.64. The zero-order valence-corrected chi connectivity index (χ0v) is 21.3. The summed E-state index contributed by atoms with van der Waals surface area (Å²) in [5, 5.41) is 5.86. The van der Waals surface area contributed by atoms with Crippen LogP contribution in [0.5, 0.6) is 5.88 Å². The lowest BCUT2D eigenvalue weighted by molar-refractivity contribution is -0.0330. The van der Waals surface area contributed by atoms with Crippen molar-refractivity contribution in [3.63, 3.8) is 0 Å². The Morgan fingerprint density at radius 3 is 2.76 bits per heavy atom. The number of halogens is 4. The van der Waals surface area contributed by atoms with Gasteiger partial charge in [-0.1, -0.05) is 5.92 Å². The second-order valence-corrected chi connectivity index (χ2v) is 9.57. The number of piperidine rings is 1. The van der Waals surface area contributed by atoms with Gasteiger partial charge >= 0.3 is 5.51 Å². The topological polar surface area (TPSA) is 110 Å². The van der Waals surface area contributed by atoms with Crippen molar-refractivity contribution in [3.8, 4) is 17.7 Å². The molecule has 1 fully saturated rings. The fourth-order valence-corrected chi connectivity index (χ4v) is 4.66. The molecule has 0 bridgehead atoms. The number of nitrogens with two attached hydrogens (primary N) is 1. The third-order valence-corrected chi connectivity index (χ3v) is 6.60. The minimum atomic E-state index is -4.58. The summed E-state index contributed by atoms with van der Waals surface area (Å²) in [6, 6.07) is 5.68. The van der Waals surface area contributed by atoms with Gasteiger partial charge in [-0.3, -0.25) is 9.20 Å². The summed E-state index contributed by atoms with van der Waals surface area (Å²) in [6.45, 7) is 0.974. The van der Waals surface area contributed by atoms with E-state index in [0.29, 0.717) is 24.3 Å². The molecular formula is C24H25F4N7O2S. The molecule has 1 aliphatic rings. The monoisotopic (exact) mass is 551 g/mol. The number of aromatic nitrogens is 3. The lowest BCUT2D eigenvalue weighted by atomic mass is 10.0. The van der Waals surface area contributed by atoms with Gasteiger partial charge in [-0.15, -0.1) is 0 Å². The van der Waals surface area contributed by atoms with Crippen LogP contribution in [-0.2, 0) is 0 Å². The van der Waals surface area contributed by atoms with Crippen LogP contribution in [0.15, 0.2) is 35.5 Å². The molecule has 3 aromatic rings. The summed E-state index contributed by atoms with van der Waals surface area (Å²) in [6.07, 6.45) is 0.867. The molecule has 14 heteroatoms. The number of imidazole rings is 1. The average molecular weight is 552 g/mol. The van der Waals surface area contributed by atoms with Crippen molar-refractivity contribution < 1.29 is 27.1 Å². The number of nitrogens with zero attached hydrogens (tertiary/aromatic N) is 4. The minimum absolute atomic E-state index is 0.0146. The highest BCUT2D eigenvalue weighted by Crippen LogP contribution is 2.39. The minimum Gasteiger partial charge on any atom is -0.480 e. The largest absolute Gasteiger partial charge is 0.480 e. The number of anilines is 2. The SMILES string of the molecule is COc1nc(C(N)=O)ccc1NCC#Cc1nc2c(N[C@@H]3CCN(C)C[C@@H]3F)cccn2c1SC(F)(F)F. The van der Waals surface area contributed by atoms with E-state index >= 15 is 0 Å². The maximum Gasteiger partial charge on any atom is 0.447 e. The van der Waals surface area contributed by atoms with Crippen LogP contribution in [0.2, 0.25) is 0 Å². The second kappa shape index (κ2) is 11.4. The van der Waals surface area contributed by atoms with Gasteiger partial charge in [0.1, 0.15) is 22.6 Å². The number of hydrogen-bond acceptors (Lipinski definition) is 8. The molecule has 1 aliphatic heterocycles. The molecule has 0 spiro atoms. The van der Waals surface area contributed by atoms with E-state index < -0.39 is 23.6 Å². The number of pyridine rings is 2. The fraction of sp³-hybridized carbons (Fsp3) is 0.375. The number of fused-ring (bicyclic) bond motifs is 1. The summed E-state index contributed by atoms with van der Waals surface area (Å²) in [7, 11) is 3.20. The molecule has 1 amide bonds. The number of amides is 1. The van der Waals surface area contributed by atoms with Crippen LogP contribution in [0.3, 0.4) is 0 Å². The number of primary amides is 1. The van der Waals surface area contributed by atoms with E-state index in [-0.39, 0.29) is 52.8 Å². The Bertz CT molecular complexity index is 1390. The van der Waals surface area contributed by atoms with Crippen LogP contribution in [0.25, 0.3) is 5.65 Å². The number of carbonyl (C=O) groups is 1. The van der Waals surface area contributed by atoms with Gasteiger partial charge in [-0.25, -0.2) is 14.4 Å². The first-order valence-electron chi connectivity index (χ1n) is 11.5. The number of hydrogen-bond donors (Lipinski definition) is 3. The van der Waals surface area contributed by atoms with Crippen molar-refractivity contribution in [1.82, 2.24) is 19.3 Å². The van der Waals surface area contributed by atoms with Crippen molar-refractivity contribution in [2.75, 3.05) is 44.4 Å². The molecule has 9 nitrogen and oxygen atoms in total. The number of carbonyl (C=O) groups excluding carboxylic acids is 1. The standard InChI is InChI=1S/C24H25F4N7O2S/c1-34-12-9-15(14(25)13-34)31-17-6-4-11-35-21(17)32-19(23(35)38-24(26,27)28)5-3-10-30-18-8-7-16(20(29)36)33-22(18)37-2/h4,6-8,11,14-15,30-31H,9-10,12-13H2,1-2H3,(H2,29,36)/t14-,15+/m0/s1. The normalized spacial score (nSPS) is 18.1. The van der Waals surface area contributed by atoms with E-state index in [2.05, 4.69) is 32.4 Å². The number of nitrogens with one attached hydrogen (secondary N) is 2. The van der Waals surface area contributed by atoms with E-state index in [0.717, 1.165) is 0 Å². The highest BCUT2D eigenvalue weighted by molar-refractivity contribution is 8.00. The number of methoxy groups -OCH3 is 1. The maximum absolute atomic E-state index is 14.6. The van der Waals surface area contributed by atoms with Crippen molar-refractivity contribution in [1.29, 1.82) is 0 Å². The summed E-state index contributed by atoms with van der Waals surface area (Å²) >= 11 is -0.321. The molecule has 4 N–H and O–H groups in total. The van der Waals surface area contributed by atoms with Gasteiger partial charge in [0.05, 0.1) is 31.1 Å². The zero-order valence-electron chi connectivity index (χ0n) is 20.5. The predicted octanol–water partition coefficient (Wildman–Crippen LogP) is 3.37. The summed E-state index contributed by atoms with van der Waals surface area (Å²) < 4.78 is 61.3. The van der Waals surface area contributed by atoms with Crippen LogP contribution < -0.4 is 21.1 Å². The first-order chi connectivity index (χ1) is 18.1. The van der Waals surface area contributed by atoms with Crippen LogP contribution in [0.1, 0.15) is 22.6 Å². The van der Waals surface area contributed by atoms with Crippen molar-refractivity contribution in [2.45, 2.75) is 29.2 Å². The number of likely N-dealkylation sites (tertiary alicyclic amines) is 1. The molecule has 3 aromatic heterocycles. The Hall–Kier alpha value is -3.70. The zero-order chi connectivity index (χ0) is 27.4. The van der Waals surface area contributed by atoms with E-state index in [1.54, 1.807) is 12.1 Å². The van der Waals surface area contributed by atoms with Crippen LogP contribution in [-0.4, -0.2) is 76.7 Å². The molecule has 1 saturated heterocycles. The molecule has 0 unspecified atom stereocenters. The van der Waals surface area contributed by atoms with E-state index in [1.165, 1.54) is 29.8 Å². The van der Waals surface area contributed by atoms with Gasteiger partial charge in [0.25, 0.3) is 5.91 Å². The molecule has 2 atom stereocenters. The smallest absolute Gasteiger partial charge is 0.447 e. The molecule has 4 rings (SSSR count). The van der Waals surface area contributed by atoms with Crippen LogP contribution in [0.4, 0.5) is 28.9 Å². The average Bonchev–Trinajstić information content (AvgIpc) is 3.20. The molecule has 0 aromatic carbocycles. The lowest BCUT2D eigenvalue weighted by Crippen LogP contribution is -2.46. The molecule has 38 heavy (non-hydrogen) atoms. The van der Waals surface area contributed by atoms with Crippen molar-refractivity contribution in [2.24, 2.45) is 5.73 Å². The van der Waals surface area contributed by atoms with Crippen molar-refractivity contribution >= 4 is 34.7 Å². The molecule has 0 saturated carbocycles. The summed E-state index contributed by atoms with van der Waals surface area (Å²) in [4.78, 5) is 21.6. The quantitative estimate of drug-likeness (QED) is 0.233. The molecule has 202 valence electrons. The number of rotatable bonds is 7. The Kier molecular flexibility index (Phi) is 8.17. The van der Waals surface area contributed by atoms with Gasteiger partial charge in [-0.2, -0.15) is 13.2 Å². The molecule has 0 radical (unpaired) electrons. The molecular weight excluding hydrogens is 526 g/mol. The number of alkyl halides is 4. The third-order valence-electron chi connectivity index (χ3n) is 5.78. The van der Waals surface area contributed by atoms with E-state index in [9.17, 15) is 22.4 Å². The van der Waals surface area contributed by atoms with Crippen LogP contribution >= 0.6 is 11.8 Å². The fourth-order valence-electron chi connectivity index (χ4n) is 4.00. The second-order valence-electron chi connectivity index (χ2n) is 8.52. The van der Waals surface area contributed by atoms with Gasteiger partial charge in [0.15, 0.2) is 5.65 Å². The van der Waals surface area contributed by atoms with E-state index in [1.807, 2.05) is 11.9 Å². The molecule has 0 aliphatic carbocycles. The number of ether oxygens (including phenoxy) is 1. The van der Waals surface area contributed by atoms with E-state index in [4.69, 9.17) is 10.5 Å².